The van der Waals surface area contributed by atoms with Crippen molar-refractivity contribution in [3.8, 4) is 50.9 Å². The predicted octanol–water partition coefficient (Wildman–Crippen LogP) is 13.9. The van der Waals surface area contributed by atoms with Crippen molar-refractivity contribution in [2.45, 2.75) is 33.0 Å². The van der Waals surface area contributed by atoms with Gasteiger partial charge in [-0.15, -0.1) is 29.7 Å². The molecule has 0 saturated heterocycles. The summed E-state index contributed by atoms with van der Waals surface area (Å²) in [6.07, 6.45) is 4.53. The Morgan fingerprint density at radius 1 is 0.564 bits per heavy atom. The monoisotopic (exact) mass is 1230 g/mol. The summed E-state index contributed by atoms with van der Waals surface area (Å²) in [5, 5.41) is -1.28. The fourth-order valence-electron chi connectivity index (χ4n) is 9.85. The van der Waals surface area contributed by atoms with E-state index in [1.54, 1.807) is 65.2 Å². The largest absolute Gasteiger partial charge is 0.510 e. The maximum Gasteiger partial charge on any atom is 0.268 e. The average molecular weight is 1230 g/mol. The molecule has 3 aromatic heterocycles. The van der Waals surface area contributed by atoms with Crippen molar-refractivity contribution in [3.63, 3.8) is 0 Å². The smallest absolute Gasteiger partial charge is 0.268 e. The van der Waals surface area contributed by atoms with Crippen LogP contribution in [-0.4, -0.2) is 22.2 Å². The molecule has 0 atom stereocenters. The molecule has 0 fully saturated rings. The number of rotatable bonds is 11. The molecule has 0 amide bonds. The number of imidazole rings is 1. The molecule has 0 N–H and O–H groups in total. The third kappa shape index (κ3) is 8.81. The molecule has 0 saturated carbocycles. The van der Waals surface area contributed by atoms with Crippen molar-refractivity contribution in [2.24, 2.45) is 0 Å². The Hall–Kier alpha value is -8.67. The van der Waals surface area contributed by atoms with E-state index in [1.807, 2.05) is 26.8 Å². The summed E-state index contributed by atoms with van der Waals surface area (Å²) in [5.74, 6) is 0.0534. The van der Waals surface area contributed by atoms with Crippen LogP contribution in [0, 0.1) is 25.3 Å². The van der Waals surface area contributed by atoms with Crippen LogP contribution in [0.5, 0.6) is 11.5 Å². The number of ether oxygens (including phenoxy) is 1. The summed E-state index contributed by atoms with van der Waals surface area (Å²) in [6, 6.07) is 10.9. The molecule has 380 valence electrons. The summed E-state index contributed by atoms with van der Waals surface area (Å²) in [6.45, 7) is 2.68. The van der Waals surface area contributed by atoms with Gasteiger partial charge in [0, 0.05) is 54.0 Å². The van der Waals surface area contributed by atoms with E-state index in [0.717, 1.165) is 6.20 Å². The summed E-state index contributed by atoms with van der Waals surface area (Å²) in [5.41, 5.74) is -0.237. The van der Waals surface area contributed by atoms with E-state index in [0.29, 0.717) is 27.4 Å². The fraction of sp³-hybridized carbons (Fsp3) is 0.0704. The Bertz CT molecular complexity index is 5660. The molecule has 0 aliphatic heterocycles. The van der Waals surface area contributed by atoms with E-state index in [4.69, 9.17) is 32.2 Å². The maximum absolute atomic E-state index is 9.78. The molecule has 0 bridgehead atoms. The Balaban J connectivity index is 0.0000105. The van der Waals surface area contributed by atoms with Gasteiger partial charge in [-0.25, -0.2) is 4.98 Å². The molecule has 0 radical (unpaired) electrons. The molecule has 3 heterocycles. The standard InChI is InChI=1S/C71H54N4OSi.Pt/c1-50-44-69(72-48-63(50)52-26-12-6-13-27-52)75-65-39-21-20-36-61(65)62-42-40-55(46-67(62)75)76-54-29-22-28-53(45-54)73-49-74(70-60(51-24-10-5-11-25-51)37-23-38-64(70)71(2,3)4)66-43-41-59(47-68(66)73)77(56-30-14-7-15-31-56,57-32-16-8-17-33-57)58-34-18-9-19-35-58;/h5-44,47-48H,1-4H3;/q-2;/i1D3,5D,6D,7D,8D,9D,10D,11D,12D,13D,14D,15D,16D,17D,18D,19D,24D,25D,26D,27D,30D,31D,32D,33D,34D,35D;. The number of fused-ring (bicyclic) bond motifs is 4. The number of nitrogens with zero attached hydrogens (tertiary/aromatic N) is 4. The molecule has 10 aromatic carbocycles. The van der Waals surface area contributed by atoms with E-state index in [-0.39, 0.29) is 93.8 Å². The molecule has 0 aliphatic carbocycles. The summed E-state index contributed by atoms with van der Waals surface area (Å²) in [4.78, 5) is 4.67. The third-order valence-corrected chi connectivity index (χ3v) is 17.4. The van der Waals surface area contributed by atoms with Crippen LogP contribution >= 0.6 is 0 Å². The zero-order valence-electron chi connectivity index (χ0n) is 69.3. The van der Waals surface area contributed by atoms with Crippen molar-refractivity contribution in [1.29, 1.82) is 0 Å². The van der Waals surface area contributed by atoms with Gasteiger partial charge in [-0.05, 0) is 84.0 Å². The fourth-order valence-corrected chi connectivity index (χ4v) is 13.7. The van der Waals surface area contributed by atoms with Gasteiger partial charge >= 0.3 is 0 Å². The first-order valence-electron chi connectivity index (χ1n) is 38.0. The Morgan fingerprint density at radius 3 is 1.81 bits per heavy atom. The van der Waals surface area contributed by atoms with Gasteiger partial charge in [-0.1, -0.05) is 232 Å². The van der Waals surface area contributed by atoms with Crippen LogP contribution in [0.3, 0.4) is 0 Å². The zero-order chi connectivity index (χ0) is 76.3. The number of benzene rings is 10. The van der Waals surface area contributed by atoms with E-state index in [1.165, 1.54) is 39.5 Å². The Labute approximate surface area is 511 Å². The molecule has 13 rings (SSSR count). The summed E-state index contributed by atoms with van der Waals surface area (Å²) in [7, 11) is -5.79. The number of hydrogen-bond acceptors (Lipinski definition) is 2. The Morgan fingerprint density at radius 2 is 1.17 bits per heavy atom. The number of aryl methyl sites for hydroxylation is 1. The normalized spacial score (nSPS) is 17.0. The molecule has 5 nitrogen and oxygen atoms in total. The van der Waals surface area contributed by atoms with Gasteiger partial charge in [0.25, 0.3) is 6.33 Å². The molecular formula is C71H54N4OPtSi-2. The Kier molecular flexibility index (Phi) is 7.32. The maximum atomic E-state index is 9.78. The van der Waals surface area contributed by atoms with Gasteiger partial charge in [-0.2, -0.15) is 18.2 Å². The van der Waals surface area contributed by atoms with Gasteiger partial charge in [0.1, 0.15) is 5.82 Å². The van der Waals surface area contributed by atoms with E-state index in [2.05, 4.69) is 23.4 Å². The van der Waals surface area contributed by atoms with E-state index in [9.17, 15) is 11.0 Å². The quantitative estimate of drug-likeness (QED) is 0.0560. The van der Waals surface area contributed by atoms with Crippen LogP contribution in [-0.2, 0) is 26.5 Å². The topological polar surface area (TPSA) is 35.9 Å². The van der Waals surface area contributed by atoms with Crippen LogP contribution in [0.25, 0.3) is 72.3 Å². The molecule has 13 aromatic rings. The first-order valence-corrected chi connectivity index (χ1v) is 26.0. The van der Waals surface area contributed by atoms with Crippen molar-refractivity contribution in [2.75, 3.05) is 0 Å². The average Bonchev–Trinajstić information content (AvgIpc) is 0.853. The molecule has 0 unspecified atom stereocenters. The second kappa shape index (κ2) is 20.7. The molecule has 78 heavy (non-hydrogen) atoms. The van der Waals surface area contributed by atoms with Crippen LogP contribution in [0.1, 0.15) is 70.3 Å². The van der Waals surface area contributed by atoms with Gasteiger partial charge in [0.15, 0.2) is 8.07 Å². The minimum atomic E-state index is -5.79. The van der Waals surface area contributed by atoms with Gasteiger partial charge in [0.05, 0.1) is 51.0 Å². The number of hydrogen-bond donors (Lipinski definition) is 0. The molecular weight excluding hydrogens is 1150 g/mol. The van der Waals surface area contributed by atoms with Crippen LogP contribution in [0.2, 0.25) is 0 Å². The van der Waals surface area contributed by atoms with Crippen molar-refractivity contribution < 1.29 is 68.8 Å². The van der Waals surface area contributed by atoms with Crippen molar-refractivity contribution in [1.82, 2.24) is 14.1 Å². The second-order valence-corrected chi connectivity index (χ2v) is 22.3. The first kappa shape index (κ1) is 27.6. The first-order chi connectivity index (χ1) is 49.3. The zero-order valence-corrected chi connectivity index (χ0v) is 44.6. The SMILES string of the molecule is [2H]c1c([2H])c([2H])c(-c2cnc(-n3c4[c-]c(Oc5[c-]c(-n6[c-][n+](-c7c(-c8c([2H])c([2H])c([2H])c([2H])c8[2H])cccc7C(C)(C)C)c7ccc([Si](c8c([2H])c([2H])c([2H])c([2H])c8[2H])(c8c([2H])c([2H])c([2H])c([2H])c8[2H])c8c([2H])c([2H])c([2H])c([2H])c8[2H])cc76)ccc5)ccc4c4ccccc43)cc2C([2H])([2H])[2H])c([2H])c1[2H].[Pt]. The predicted molar refractivity (Wildman–Crippen MR) is 318 cm³/mol. The number of pyridine rings is 1. The van der Waals surface area contributed by atoms with Crippen molar-refractivity contribution >= 4 is 61.7 Å². The molecule has 0 aliphatic rings. The summed E-state index contributed by atoms with van der Waals surface area (Å²) < 4.78 is 264. The summed E-state index contributed by atoms with van der Waals surface area (Å²) >= 11 is 0. The van der Waals surface area contributed by atoms with Gasteiger partial charge in [-0.3, -0.25) is 4.57 Å². The van der Waals surface area contributed by atoms with Crippen LogP contribution in [0.15, 0.2) is 254 Å². The molecule has 7 heteroatoms. The third-order valence-electron chi connectivity index (χ3n) is 13.2. The second-order valence-electron chi connectivity index (χ2n) is 18.7. The van der Waals surface area contributed by atoms with E-state index >= 15 is 0 Å². The number of aromatic nitrogens is 4. The van der Waals surface area contributed by atoms with Crippen LogP contribution in [0.4, 0.5) is 0 Å². The minimum absolute atomic E-state index is 0. The van der Waals surface area contributed by atoms with Gasteiger partial charge in [0.2, 0.25) is 0 Å². The van der Waals surface area contributed by atoms with Crippen LogP contribution < -0.4 is 30.1 Å². The van der Waals surface area contributed by atoms with Gasteiger partial charge < -0.3 is 13.9 Å². The number of para-hydroxylation sites is 2. The molecule has 0 spiro atoms. The minimum Gasteiger partial charge on any atom is -0.510 e. The van der Waals surface area contributed by atoms with Crippen molar-refractivity contribution in [3.05, 3.63) is 284 Å². The van der Waals surface area contributed by atoms with E-state index < -0.39 is 187 Å².